The standard InChI is InChI=1S/C26H31N3O6S2/c1-5-27-25(30)19-6-7-21(22(14-19)29(32)33)28-26(31)20(15-37-11-9-34-8-10-36)24(35-28)23-17(3)12-16(2)13-18(23)4/h6-7,12-14,36H,5,8-11,15H2,1-4H3,(H,27,30). The molecule has 198 valence electrons. The number of carbonyl (C=O) groups is 1. The third-order valence-corrected chi connectivity index (χ3v) is 6.78. The van der Waals surface area contributed by atoms with Crippen LogP contribution in [0.1, 0.15) is 39.5 Å². The van der Waals surface area contributed by atoms with Crippen molar-refractivity contribution in [1.29, 1.82) is 0 Å². The molecule has 2 aromatic carbocycles. The van der Waals surface area contributed by atoms with Gasteiger partial charge < -0.3 is 14.6 Å². The Labute approximate surface area is 225 Å². The summed E-state index contributed by atoms with van der Waals surface area (Å²) in [4.78, 5) is 37.2. The molecule has 0 bridgehead atoms. The van der Waals surface area contributed by atoms with Gasteiger partial charge in [0.2, 0.25) is 0 Å². The summed E-state index contributed by atoms with van der Waals surface area (Å²) in [5, 5.41) is 14.6. The summed E-state index contributed by atoms with van der Waals surface area (Å²) >= 11 is 5.64. The van der Waals surface area contributed by atoms with Crippen molar-refractivity contribution in [3.05, 3.63) is 78.6 Å². The number of nitrogens with zero attached hydrogens (tertiary/aromatic N) is 2. The molecule has 3 rings (SSSR count). The lowest BCUT2D eigenvalue weighted by molar-refractivity contribution is -0.384. The molecule has 1 aromatic heterocycles. The van der Waals surface area contributed by atoms with Gasteiger partial charge in [0.15, 0.2) is 11.4 Å². The molecule has 11 heteroatoms. The van der Waals surface area contributed by atoms with Crippen LogP contribution in [0.25, 0.3) is 17.0 Å². The summed E-state index contributed by atoms with van der Waals surface area (Å²) in [6.45, 7) is 9.08. The molecule has 37 heavy (non-hydrogen) atoms. The summed E-state index contributed by atoms with van der Waals surface area (Å²) in [5.74, 6) is 1.57. The van der Waals surface area contributed by atoms with Crippen molar-refractivity contribution in [1.82, 2.24) is 10.1 Å². The van der Waals surface area contributed by atoms with Gasteiger partial charge in [0.05, 0.1) is 23.7 Å². The quantitative estimate of drug-likeness (QED) is 0.144. The zero-order valence-corrected chi connectivity index (χ0v) is 23.0. The highest BCUT2D eigenvalue weighted by molar-refractivity contribution is 7.98. The largest absolute Gasteiger partial charge is 0.380 e. The lowest BCUT2D eigenvalue weighted by Gasteiger charge is -2.10. The Morgan fingerprint density at radius 2 is 1.89 bits per heavy atom. The number of nitrogens with one attached hydrogen (secondary N) is 1. The van der Waals surface area contributed by atoms with Crippen molar-refractivity contribution in [3.63, 3.8) is 0 Å². The van der Waals surface area contributed by atoms with Gasteiger partial charge in [-0.1, -0.05) is 17.7 Å². The minimum Gasteiger partial charge on any atom is -0.380 e. The minimum absolute atomic E-state index is 0.0416. The van der Waals surface area contributed by atoms with Crippen molar-refractivity contribution in [2.45, 2.75) is 33.4 Å². The van der Waals surface area contributed by atoms with Crippen molar-refractivity contribution in [2.75, 3.05) is 31.3 Å². The number of rotatable bonds is 12. The van der Waals surface area contributed by atoms with Crippen LogP contribution in [0.5, 0.6) is 0 Å². The van der Waals surface area contributed by atoms with Gasteiger partial charge in [0.1, 0.15) is 0 Å². The highest BCUT2D eigenvalue weighted by Gasteiger charge is 2.27. The Kier molecular flexibility index (Phi) is 10.0. The highest BCUT2D eigenvalue weighted by Crippen LogP contribution is 2.34. The van der Waals surface area contributed by atoms with Crippen LogP contribution in [0.15, 0.2) is 39.6 Å². The van der Waals surface area contributed by atoms with E-state index in [9.17, 15) is 19.7 Å². The molecule has 0 unspecified atom stereocenters. The van der Waals surface area contributed by atoms with E-state index in [-0.39, 0.29) is 11.3 Å². The van der Waals surface area contributed by atoms with E-state index in [1.165, 1.54) is 23.9 Å². The summed E-state index contributed by atoms with van der Waals surface area (Å²) in [6.07, 6.45) is 0. The number of hydrogen-bond donors (Lipinski definition) is 2. The molecule has 0 atom stereocenters. The van der Waals surface area contributed by atoms with E-state index in [4.69, 9.17) is 9.26 Å². The zero-order valence-electron chi connectivity index (χ0n) is 21.3. The molecule has 0 aliphatic rings. The first-order valence-corrected chi connectivity index (χ1v) is 13.6. The van der Waals surface area contributed by atoms with E-state index >= 15 is 0 Å². The van der Waals surface area contributed by atoms with Gasteiger partial charge in [-0.05, 0) is 51.0 Å². The molecule has 0 aliphatic carbocycles. The van der Waals surface area contributed by atoms with E-state index in [0.717, 1.165) is 33.1 Å². The summed E-state index contributed by atoms with van der Waals surface area (Å²) in [5.41, 5.74) is 3.34. The molecule has 0 aliphatic heterocycles. The van der Waals surface area contributed by atoms with Crippen molar-refractivity contribution in [2.24, 2.45) is 0 Å². The predicted molar refractivity (Wildman–Crippen MR) is 149 cm³/mol. The second kappa shape index (κ2) is 13.0. The first kappa shape index (κ1) is 28.5. The zero-order chi connectivity index (χ0) is 27.1. The van der Waals surface area contributed by atoms with E-state index in [1.54, 1.807) is 6.92 Å². The topological polar surface area (TPSA) is 117 Å². The fourth-order valence-electron chi connectivity index (χ4n) is 4.13. The molecule has 3 aromatic rings. The van der Waals surface area contributed by atoms with Crippen molar-refractivity contribution < 1.29 is 19.0 Å². The first-order chi connectivity index (χ1) is 17.7. The first-order valence-electron chi connectivity index (χ1n) is 11.9. The molecule has 0 saturated carbocycles. The van der Waals surface area contributed by atoms with E-state index < -0.39 is 22.1 Å². The van der Waals surface area contributed by atoms with Crippen LogP contribution < -0.4 is 10.9 Å². The highest BCUT2D eigenvalue weighted by atomic mass is 32.2. The summed E-state index contributed by atoms with van der Waals surface area (Å²) < 4.78 is 12.5. The van der Waals surface area contributed by atoms with E-state index in [0.29, 0.717) is 48.3 Å². The number of thioether (sulfide) groups is 1. The number of aromatic nitrogens is 1. The van der Waals surface area contributed by atoms with Crippen LogP contribution in [-0.2, 0) is 10.5 Å². The normalized spacial score (nSPS) is 11.1. The average Bonchev–Trinajstić information content (AvgIpc) is 3.15. The fraction of sp³-hybridized carbons (Fsp3) is 0.385. The van der Waals surface area contributed by atoms with Crippen LogP contribution >= 0.6 is 24.4 Å². The number of nitro groups is 1. The molecule has 1 amide bonds. The van der Waals surface area contributed by atoms with Crippen LogP contribution in [0.2, 0.25) is 0 Å². The van der Waals surface area contributed by atoms with Crippen LogP contribution in [0.4, 0.5) is 5.69 Å². The molecule has 0 saturated heterocycles. The molecule has 1 N–H and O–H groups in total. The van der Waals surface area contributed by atoms with Gasteiger partial charge >= 0.3 is 0 Å². The van der Waals surface area contributed by atoms with Crippen LogP contribution in [0, 0.1) is 30.9 Å². The number of hydrogen-bond acceptors (Lipinski definition) is 8. The maximum atomic E-state index is 13.6. The lowest BCUT2D eigenvalue weighted by atomic mass is 9.96. The van der Waals surface area contributed by atoms with Gasteiger partial charge in [-0.25, -0.2) is 0 Å². The average molecular weight is 546 g/mol. The Morgan fingerprint density at radius 1 is 1.19 bits per heavy atom. The third-order valence-electron chi connectivity index (χ3n) is 5.65. The molecular weight excluding hydrogens is 514 g/mol. The molecule has 0 spiro atoms. The molecule has 0 fully saturated rings. The minimum atomic E-state index is -0.623. The number of thiol groups is 1. The van der Waals surface area contributed by atoms with Crippen molar-refractivity contribution >= 4 is 36.0 Å². The summed E-state index contributed by atoms with van der Waals surface area (Å²) in [7, 11) is 0. The van der Waals surface area contributed by atoms with Gasteiger partial charge in [-0.2, -0.15) is 24.4 Å². The van der Waals surface area contributed by atoms with Crippen LogP contribution in [-0.4, -0.2) is 46.8 Å². The van der Waals surface area contributed by atoms with Gasteiger partial charge in [-0.3, -0.25) is 19.7 Å². The van der Waals surface area contributed by atoms with Gasteiger partial charge in [-0.15, -0.1) is 4.74 Å². The molecule has 0 radical (unpaired) electrons. The molecule has 1 heterocycles. The second-order valence-electron chi connectivity index (χ2n) is 8.48. The summed E-state index contributed by atoms with van der Waals surface area (Å²) in [6, 6.07) is 7.98. The Bertz CT molecular complexity index is 1330. The molecule has 9 nitrogen and oxygen atoms in total. The maximum Gasteiger partial charge on any atom is 0.297 e. The monoisotopic (exact) mass is 545 g/mol. The fourth-order valence-corrected chi connectivity index (χ4v) is 5.10. The SMILES string of the molecule is CCNC(=O)c1ccc(-n2oc(-c3c(C)cc(C)cc3C)c(CSCCOCCS)c2=O)c([N+](=O)[O-])c1. The third kappa shape index (κ3) is 6.65. The molecular formula is C26H31N3O6S2. The Morgan fingerprint density at radius 3 is 2.51 bits per heavy atom. The van der Waals surface area contributed by atoms with E-state index in [1.807, 2.05) is 32.9 Å². The number of amides is 1. The van der Waals surface area contributed by atoms with Gasteiger partial charge in [0, 0.05) is 41.0 Å². The second-order valence-corrected chi connectivity index (χ2v) is 10.0. The smallest absolute Gasteiger partial charge is 0.297 e. The van der Waals surface area contributed by atoms with Crippen LogP contribution in [0.3, 0.4) is 0 Å². The van der Waals surface area contributed by atoms with Crippen molar-refractivity contribution in [3.8, 4) is 17.0 Å². The Balaban J connectivity index is 2.13. The maximum absolute atomic E-state index is 13.6. The van der Waals surface area contributed by atoms with Gasteiger partial charge in [0.25, 0.3) is 17.2 Å². The number of carbonyl (C=O) groups excluding carboxylic acids is 1. The number of aryl methyl sites for hydroxylation is 3. The van der Waals surface area contributed by atoms with E-state index in [2.05, 4.69) is 17.9 Å². The lowest BCUT2D eigenvalue weighted by Crippen LogP contribution is -2.23. The number of benzene rings is 2. The number of nitro benzene ring substituents is 1. The Hall–Kier alpha value is -3.02. The predicted octanol–water partition coefficient (Wildman–Crippen LogP) is 4.86. The number of ether oxygens (including phenoxy) is 1.